The molecule has 0 aliphatic heterocycles. The van der Waals surface area contributed by atoms with Crippen LogP contribution in [0.2, 0.25) is 0 Å². The molecule has 0 unspecified atom stereocenters. The minimum atomic E-state index is -0.834. The van der Waals surface area contributed by atoms with Crippen molar-refractivity contribution in [2.45, 2.75) is 6.92 Å². The molecule has 0 spiro atoms. The third-order valence-corrected chi connectivity index (χ3v) is 3.86. The Hall–Kier alpha value is -3.62. The molecular formula is C19H21N3O6. The second-order valence-electron chi connectivity index (χ2n) is 6.18. The van der Waals surface area contributed by atoms with Gasteiger partial charge in [0, 0.05) is 26.2 Å². The number of anilines is 2. The van der Waals surface area contributed by atoms with Crippen molar-refractivity contribution in [3.05, 3.63) is 57.6 Å². The smallest absolute Gasteiger partial charge is 0.341 e. The summed E-state index contributed by atoms with van der Waals surface area (Å²) in [6, 6.07) is 9.14. The molecule has 2 rings (SSSR count). The number of non-ortho nitro benzene ring substituents is 1. The van der Waals surface area contributed by atoms with Crippen LogP contribution in [-0.2, 0) is 9.53 Å². The molecule has 0 bridgehead atoms. The summed E-state index contributed by atoms with van der Waals surface area (Å²) in [4.78, 5) is 36.6. The number of carbonyl (C=O) groups excluding carboxylic acids is 2. The fourth-order valence-corrected chi connectivity index (χ4v) is 2.51. The maximum atomic E-state index is 12.4. The number of carbonyl (C=O) groups is 2. The maximum Gasteiger partial charge on any atom is 0.341 e. The normalized spacial score (nSPS) is 10.1. The van der Waals surface area contributed by atoms with Crippen LogP contribution in [0.15, 0.2) is 36.4 Å². The number of hydrogen-bond donors (Lipinski definition) is 1. The highest BCUT2D eigenvalue weighted by Crippen LogP contribution is 2.26. The highest BCUT2D eigenvalue weighted by molar-refractivity contribution is 5.99. The molecule has 0 aliphatic rings. The number of hydrogen-bond acceptors (Lipinski definition) is 7. The van der Waals surface area contributed by atoms with E-state index >= 15 is 0 Å². The van der Waals surface area contributed by atoms with Gasteiger partial charge in [-0.3, -0.25) is 14.9 Å². The van der Waals surface area contributed by atoms with E-state index in [0.29, 0.717) is 17.1 Å². The summed E-state index contributed by atoms with van der Waals surface area (Å²) < 4.78 is 10.2. The largest absolute Gasteiger partial charge is 0.495 e. The van der Waals surface area contributed by atoms with Gasteiger partial charge in [-0.2, -0.15) is 0 Å². The van der Waals surface area contributed by atoms with Crippen molar-refractivity contribution < 1.29 is 24.0 Å². The topological polar surface area (TPSA) is 111 Å². The summed E-state index contributed by atoms with van der Waals surface area (Å²) in [5.41, 5.74) is 1.57. The highest BCUT2D eigenvalue weighted by atomic mass is 16.6. The molecule has 0 saturated carbocycles. The Morgan fingerprint density at radius 2 is 1.89 bits per heavy atom. The van der Waals surface area contributed by atoms with Gasteiger partial charge in [-0.25, -0.2) is 4.79 Å². The number of nitro benzene ring substituents is 1. The number of nitrogens with zero attached hydrogens (tertiary/aromatic N) is 2. The van der Waals surface area contributed by atoms with Gasteiger partial charge in [0.05, 0.1) is 29.0 Å². The fraction of sp³-hybridized carbons (Fsp3) is 0.263. The zero-order valence-electron chi connectivity index (χ0n) is 16.0. The molecular weight excluding hydrogens is 366 g/mol. The van der Waals surface area contributed by atoms with E-state index in [-0.39, 0.29) is 11.3 Å². The summed E-state index contributed by atoms with van der Waals surface area (Å²) in [5.74, 6) is -0.924. The van der Waals surface area contributed by atoms with Crippen molar-refractivity contribution in [1.29, 1.82) is 0 Å². The third-order valence-electron chi connectivity index (χ3n) is 3.86. The van der Waals surface area contributed by atoms with Crippen LogP contribution >= 0.6 is 0 Å². The predicted octanol–water partition coefficient (Wildman–Crippen LogP) is 2.77. The number of benzene rings is 2. The van der Waals surface area contributed by atoms with Gasteiger partial charge in [0.1, 0.15) is 5.75 Å². The van der Waals surface area contributed by atoms with Crippen LogP contribution < -0.4 is 15.0 Å². The van der Waals surface area contributed by atoms with E-state index in [2.05, 4.69) is 5.32 Å². The maximum absolute atomic E-state index is 12.4. The SMILES string of the molecule is COc1ccc(C)cc1NC(=O)COC(=O)c1cc([N+](=O)[O-])ccc1N(C)C. The van der Waals surface area contributed by atoms with Crippen LogP contribution in [0.5, 0.6) is 5.75 Å². The monoisotopic (exact) mass is 387 g/mol. The number of esters is 1. The van der Waals surface area contributed by atoms with E-state index in [1.54, 1.807) is 31.1 Å². The van der Waals surface area contributed by atoms with Crippen LogP contribution in [0.1, 0.15) is 15.9 Å². The molecule has 28 heavy (non-hydrogen) atoms. The predicted molar refractivity (Wildman–Crippen MR) is 104 cm³/mol. The summed E-state index contributed by atoms with van der Waals surface area (Å²) in [5, 5.41) is 13.6. The minimum Gasteiger partial charge on any atom is -0.495 e. The Labute approximate surface area is 162 Å². The van der Waals surface area contributed by atoms with Crippen LogP contribution in [0.25, 0.3) is 0 Å². The van der Waals surface area contributed by atoms with Crippen LogP contribution in [0.3, 0.4) is 0 Å². The van der Waals surface area contributed by atoms with Gasteiger partial charge >= 0.3 is 5.97 Å². The van der Waals surface area contributed by atoms with Gasteiger partial charge in [-0.1, -0.05) is 6.07 Å². The number of amides is 1. The highest BCUT2D eigenvalue weighted by Gasteiger charge is 2.20. The van der Waals surface area contributed by atoms with Crippen molar-refractivity contribution >= 4 is 28.9 Å². The molecule has 0 heterocycles. The van der Waals surface area contributed by atoms with E-state index in [1.807, 2.05) is 13.0 Å². The van der Waals surface area contributed by atoms with E-state index in [1.165, 1.54) is 19.2 Å². The summed E-state index contributed by atoms with van der Waals surface area (Å²) in [6.07, 6.45) is 0. The molecule has 0 aliphatic carbocycles. The number of aryl methyl sites for hydroxylation is 1. The number of methoxy groups -OCH3 is 1. The zero-order valence-corrected chi connectivity index (χ0v) is 16.0. The average molecular weight is 387 g/mol. The molecule has 0 atom stereocenters. The molecule has 0 aromatic heterocycles. The number of nitrogens with one attached hydrogen (secondary N) is 1. The molecule has 148 valence electrons. The lowest BCUT2D eigenvalue weighted by molar-refractivity contribution is -0.384. The lowest BCUT2D eigenvalue weighted by Gasteiger charge is -2.16. The summed E-state index contributed by atoms with van der Waals surface area (Å²) in [6.45, 7) is 1.31. The molecule has 0 saturated heterocycles. The van der Waals surface area contributed by atoms with Crippen molar-refractivity contribution in [2.24, 2.45) is 0 Å². The van der Waals surface area contributed by atoms with Crippen LogP contribution in [0, 0.1) is 17.0 Å². The molecule has 9 nitrogen and oxygen atoms in total. The first-order valence-corrected chi connectivity index (χ1v) is 8.30. The fourth-order valence-electron chi connectivity index (χ4n) is 2.51. The first-order valence-electron chi connectivity index (χ1n) is 8.30. The first-order chi connectivity index (χ1) is 13.2. The average Bonchev–Trinajstić information content (AvgIpc) is 2.65. The van der Waals surface area contributed by atoms with Crippen molar-refractivity contribution in [3.8, 4) is 5.75 Å². The van der Waals surface area contributed by atoms with Crippen LogP contribution in [0.4, 0.5) is 17.1 Å². The molecule has 1 amide bonds. The van der Waals surface area contributed by atoms with E-state index in [9.17, 15) is 19.7 Å². The third kappa shape index (κ3) is 4.97. The Kier molecular flexibility index (Phi) is 6.54. The van der Waals surface area contributed by atoms with E-state index in [0.717, 1.165) is 11.6 Å². The number of ether oxygens (including phenoxy) is 2. The summed E-state index contributed by atoms with van der Waals surface area (Å²) >= 11 is 0. The van der Waals surface area contributed by atoms with Gasteiger partial charge in [-0.05, 0) is 30.7 Å². The number of rotatable bonds is 7. The molecule has 1 N–H and O–H groups in total. The zero-order chi connectivity index (χ0) is 20.8. The Bertz CT molecular complexity index is 911. The quantitative estimate of drug-likeness (QED) is 0.442. The molecule has 0 radical (unpaired) electrons. The molecule has 9 heteroatoms. The van der Waals surface area contributed by atoms with Gasteiger partial charge in [0.15, 0.2) is 6.61 Å². The second-order valence-corrected chi connectivity index (χ2v) is 6.18. The minimum absolute atomic E-state index is 0.000126. The molecule has 2 aromatic rings. The van der Waals surface area contributed by atoms with Gasteiger partial charge in [-0.15, -0.1) is 0 Å². The van der Waals surface area contributed by atoms with Gasteiger partial charge in [0.2, 0.25) is 0 Å². The van der Waals surface area contributed by atoms with Crippen molar-refractivity contribution in [3.63, 3.8) is 0 Å². The lowest BCUT2D eigenvalue weighted by atomic mass is 10.1. The molecule has 2 aromatic carbocycles. The standard InChI is InChI=1S/C19H21N3O6/c1-12-5-8-17(27-4)15(9-12)20-18(23)11-28-19(24)14-10-13(22(25)26)6-7-16(14)21(2)3/h5-10H,11H2,1-4H3,(H,20,23). The molecule has 0 fully saturated rings. The van der Waals surface area contributed by atoms with E-state index < -0.39 is 23.4 Å². The Morgan fingerprint density at radius 3 is 2.50 bits per heavy atom. The van der Waals surface area contributed by atoms with Gasteiger partial charge < -0.3 is 19.7 Å². The first kappa shape index (κ1) is 20.7. The van der Waals surface area contributed by atoms with Gasteiger partial charge in [0.25, 0.3) is 11.6 Å². The van der Waals surface area contributed by atoms with Crippen molar-refractivity contribution in [2.75, 3.05) is 38.0 Å². The van der Waals surface area contributed by atoms with E-state index in [4.69, 9.17) is 9.47 Å². The van der Waals surface area contributed by atoms with Crippen LogP contribution in [-0.4, -0.2) is 44.6 Å². The Balaban J connectivity index is 2.11. The summed E-state index contributed by atoms with van der Waals surface area (Å²) in [7, 11) is 4.86. The van der Waals surface area contributed by atoms with Crippen molar-refractivity contribution in [1.82, 2.24) is 0 Å². The number of nitro groups is 1. The lowest BCUT2D eigenvalue weighted by Crippen LogP contribution is -2.22. The Morgan fingerprint density at radius 1 is 1.18 bits per heavy atom. The second kappa shape index (κ2) is 8.85.